The minimum Gasteiger partial charge on any atom is -0.497 e. The zero-order valence-corrected chi connectivity index (χ0v) is 19.8. The van der Waals surface area contributed by atoms with Crippen molar-refractivity contribution in [2.75, 3.05) is 19.0 Å². The third-order valence-electron chi connectivity index (χ3n) is 5.69. The van der Waals surface area contributed by atoms with E-state index >= 15 is 0 Å². The van der Waals surface area contributed by atoms with E-state index in [1.54, 1.807) is 13.3 Å². The Labute approximate surface area is 204 Å². The Balaban J connectivity index is 1.63. The van der Waals surface area contributed by atoms with Gasteiger partial charge in [0.05, 0.1) is 23.9 Å². The highest BCUT2D eigenvalue weighted by atomic mass is 16.5. The summed E-state index contributed by atoms with van der Waals surface area (Å²) < 4.78 is 5.42. The van der Waals surface area contributed by atoms with Crippen molar-refractivity contribution < 1.29 is 4.74 Å². The third-order valence-corrected chi connectivity index (χ3v) is 5.69. The summed E-state index contributed by atoms with van der Waals surface area (Å²) in [5, 5.41) is 4.33. The zero-order valence-electron chi connectivity index (χ0n) is 19.8. The lowest BCUT2D eigenvalue weighted by atomic mass is 9.89. The predicted octanol–water partition coefficient (Wildman–Crippen LogP) is 4.19. The second-order valence-electron chi connectivity index (χ2n) is 8.25. The summed E-state index contributed by atoms with van der Waals surface area (Å²) in [6.07, 6.45) is 6.13. The number of aromatic nitrogens is 3. The topological polar surface area (TPSA) is 124 Å². The van der Waals surface area contributed by atoms with Crippen LogP contribution in [0.4, 0.5) is 5.82 Å². The SMILES string of the molecule is COc1ccc2nc(/C=C/c3ccccn3)nc(NCCC(C)(N=C(N)N)c3ccccc3)c2c1. The summed E-state index contributed by atoms with van der Waals surface area (Å²) in [5.41, 5.74) is 13.6. The van der Waals surface area contributed by atoms with E-state index in [0.717, 1.165) is 27.9 Å². The van der Waals surface area contributed by atoms with E-state index in [4.69, 9.17) is 26.2 Å². The summed E-state index contributed by atoms with van der Waals surface area (Å²) in [5.74, 6) is 2.06. The molecule has 1 unspecified atom stereocenters. The fourth-order valence-electron chi connectivity index (χ4n) is 3.87. The Morgan fingerprint density at radius 3 is 2.54 bits per heavy atom. The van der Waals surface area contributed by atoms with E-state index in [1.807, 2.05) is 85.8 Å². The summed E-state index contributed by atoms with van der Waals surface area (Å²) in [6.45, 7) is 2.60. The molecule has 8 nitrogen and oxygen atoms in total. The number of aliphatic imine (C=N–C) groups is 1. The smallest absolute Gasteiger partial charge is 0.186 e. The molecule has 0 saturated carbocycles. The molecule has 0 saturated heterocycles. The van der Waals surface area contributed by atoms with Crippen LogP contribution in [0.15, 0.2) is 77.9 Å². The van der Waals surface area contributed by atoms with Gasteiger partial charge in [-0.2, -0.15) is 0 Å². The molecule has 0 amide bonds. The van der Waals surface area contributed by atoms with Crippen LogP contribution >= 0.6 is 0 Å². The van der Waals surface area contributed by atoms with Crippen LogP contribution in [-0.4, -0.2) is 34.6 Å². The van der Waals surface area contributed by atoms with Crippen LogP contribution in [0.3, 0.4) is 0 Å². The first-order valence-electron chi connectivity index (χ1n) is 11.3. The second-order valence-corrected chi connectivity index (χ2v) is 8.25. The molecule has 0 radical (unpaired) electrons. The van der Waals surface area contributed by atoms with Crippen LogP contribution in [-0.2, 0) is 5.54 Å². The number of hydrogen-bond donors (Lipinski definition) is 3. The van der Waals surface area contributed by atoms with Crippen LogP contribution in [0.2, 0.25) is 0 Å². The maximum Gasteiger partial charge on any atom is 0.186 e. The Kier molecular flexibility index (Phi) is 7.21. The largest absolute Gasteiger partial charge is 0.497 e. The summed E-state index contributed by atoms with van der Waals surface area (Å²) in [4.78, 5) is 18.3. The molecule has 8 heteroatoms. The number of pyridine rings is 1. The zero-order chi connectivity index (χ0) is 24.7. The number of nitrogens with two attached hydrogens (primary N) is 2. The van der Waals surface area contributed by atoms with E-state index in [-0.39, 0.29) is 5.96 Å². The summed E-state index contributed by atoms with van der Waals surface area (Å²) >= 11 is 0. The highest BCUT2D eigenvalue weighted by Gasteiger charge is 2.26. The number of fused-ring (bicyclic) bond motifs is 1. The van der Waals surface area contributed by atoms with E-state index < -0.39 is 5.54 Å². The Hall–Kier alpha value is -4.46. The van der Waals surface area contributed by atoms with Crippen molar-refractivity contribution in [1.29, 1.82) is 0 Å². The Bertz CT molecular complexity index is 1340. The molecule has 0 aliphatic rings. The number of hydrogen-bond acceptors (Lipinski definition) is 6. The van der Waals surface area contributed by atoms with E-state index in [2.05, 4.69) is 15.3 Å². The molecule has 0 aliphatic heterocycles. The highest BCUT2D eigenvalue weighted by molar-refractivity contribution is 5.91. The Morgan fingerprint density at radius 1 is 1.03 bits per heavy atom. The fourth-order valence-corrected chi connectivity index (χ4v) is 3.87. The van der Waals surface area contributed by atoms with Gasteiger partial charge in [0.15, 0.2) is 11.8 Å². The van der Waals surface area contributed by atoms with Gasteiger partial charge in [0, 0.05) is 18.1 Å². The van der Waals surface area contributed by atoms with E-state index in [1.165, 1.54) is 0 Å². The molecule has 0 spiro atoms. The molecule has 4 aromatic rings. The van der Waals surface area contributed by atoms with Crippen molar-refractivity contribution in [2.24, 2.45) is 16.5 Å². The number of ether oxygens (including phenoxy) is 1. The van der Waals surface area contributed by atoms with Crippen LogP contribution in [0.1, 0.15) is 30.4 Å². The van der Waals surface area contributed by atoms with Gasteiger partial charge in [-0.05, 0) is 61.4 Å². The fraction of sp³-hybridized carbons (Fsp3) is 0.185. The van der Waals surface area contributed by atoms with E-state index in [9.17, 15) is 0 Å². The van der Waals surface area contributed by atoms with Gasteiger partial charge in [0.1, 0.15) is 11.6 Å². The molecular weight excluding hydrogens is 438 g/mol. The quantitative estimate of drug-likeness (QED) is 0.249. The molecule has 178 valence electrons. The summed E-state index contributed by atoms with van der Waals surface area (Å²) in [7, 11) is 1.64. The molecule has 0 fully saturated rings. The lowest BCUT2D eigenvalue weighted by molar-refractivity contribution is 0.415. The lowest BCUT2D eigenvalue weighted by Gasteiger charge is -2.26. The molecular formula is C27H29N7O. The van der Waals surface area contributed by atoms with Gasteiger partial charge in [0.25, 0.3) is 0 Å². The first kappa shape index (κ1) is 23.7. The first-order chi connectivity index (χ1) is 17.0. The average molecular weight is 468 g/mol. The number of nitrogens with one attached hydrogen (secondary N) is 1. The molecule has 35 heavy (non-hydrogen) atoms. The minimum atomic E-state index is -0.588. The number of benzene rings is 2. The number of rotatable bonds is 9. The molecule has 2 aromatic carbocycles. The van der Waals surface area contributed by atoms with Crippen LogP contribution < -0.4 is 21.5 Å². The van der Waals surface area contributed by atoms with Crippen molar-refractivity contribution in [3.05, 3.63) is 90.0 Å². The monoisotopic (exact) mass is 467 g/mol. The van der Waals surface area contributed by atoms with Gasteiger partial charge in [-0.25, -0.2) is 15.0 Å². The number of guanidine groups is 1. The molecule has 2 aromatic heterocycles. The molecule has 0 bridgehead atoms. The van der Waals surface area contributed by atoms with Gasteiger partial charge >= 0.3 is 0 Å². The van der Waals surface area contributed by atoms with Crippen molar-refractivity contribution in [1.82, 2.24) is 15.0 Å². The number of anilines is 1. The minimum absolute atomic E-state index is 0.0514. The van der Waals surface area contributed by atoms with Gasteiger partial charge in [-0.1, -0.05) is 36.4 Å². The van der Waals surface area contributed by atoms with Crippen molar-refractivity contribution in [3.63, 3.8) is 0 Å². The lowest BCUT2D eigenvalue weighted by Crippen LogP contribution is -2.31. The van der Waals surface area contributed by atoms with Gasteiger partial charge < -0.3 is 21.5 Å². The normalized spacial score (nSPS) is 12.9. The number of methoxy groups -OCH3 is 1. The third kappa shape index (κ3) is 5.92. The maximum atomic E-state index is 5.77. The number of nitrogens with zero attached hydrogens (tertiary/aromatic N) is 4. The van der Waals surface area contributed by atoms with Crippen LogP contribution in [0.5, 0.6) is 5.75 Å². The van der Waals surface area contributed by atoms with Crippen molar-refractivity contribution in [3.8, 4) is 5.75 Å². The summed E-state index contributed by atoms with van der Waals surface area (Å²) in [6, 6.07) is 21.5. The predicted molar refractivity (Wildman–Crippen MR) is 142 cm³/mol. The van der Waals surface area contributed by atoms with E-state index in [0.29, 0.717) is 24.6 Å². The van der Waals surface area contributed by atoms with Crippen LogP contribution in [0.25, 0.3) is 23.1 Å². The standard InChI is InChI=1S/C27H29N7O/c1-27(34-26(28)29,19-8-4-3-5-9-19)15-17-31-25-22-18-21(35-2)12-13-23(22)32-24(33-25)14-11-20-10-6-7-16-30-20/h3-14,16,18H,15,17H2,1-2H3,(H4,28,29,34)(H,31,32,33)/b14-11+. The highest BCUT2D eigenvalue weighted by Crippen LogP contribution is 2.30. The van der Waals surface area contributed by atoms with Crippen LogP contribution in [0, 0.1) is 0 Å². The van der Waals surface area contributed by atoms with Gasteiger partial charge in [0.2, 0.25) is 0 Å². The molecule has 2 heterocycles. The average Bonchev–Trinajstić information content (AvgIpc) is 2.88. The van der Waals surface area contributed by atoms with Gasteiger partial charge in [-0.15, -0.1) is 0 Å². The molecule has 5 N–H and O–H groups in total. The van der Waals surface area contributed by atoms with Crippen molar-refractivity contribution >= 4 is 34.8 Å². The van der Waals surface area contributed by atoms with Crippen molar-refractivity contribution in [2.45, 2.75) is 18.9 Å². The molecule has 4 rings (SSSR count). The first-order valence-corrected chi connectivity index (χ1v) is 11.3. The molecule has 0 aliphatic carbocycles. The second kappa shape index (κ2) is 10.6. The maximum absolute atomic E-state index is 5.77. The Morgan fingerprint density at radius 2 is 1.83 bits per heavy atom. The molecule has 1 atom stereocenters. The van der Waals surface area contributed by atoms with Gasteiger partial charge in [-0.3, -0.25) is 4.98 Å².